The van der Waals surface area contributed by atoms with Crippen LogP contribution < -0.4 is 5.32 Å². The molecule has 1 N–H and O–H groups in total. The number of hydrogen-bond acceptors (Lipinski definition) is 1. The van der Waals surface area contributed by atoms with Crippen molar-refractivity contribution in [2.45, 2.75) is 26.2 Å². The van der Waals surface area contributed by atoms with Gasteiger partial charge in [-0.3, -0.25) is 4.79 Å². The van der Waals surface area contributed by atoms with Gasteiger partial charge in [0.1, 0.15) is 0 Å². The summed E-state index contributed by atoms with van der Waals surface area (Å²) in [6.07, 6.45) is 0.643. The summed E-state index contributed by atoms with van der Waals surface area (Å²) < 4.78 is 2.18. The van der Waals surface area contributed by atoms with Gasteiger partial charge >= 0.3 is 0 Å². The predicted octanol–water partition coefficient (Wildman–Crippen LogP) is 1.25. The van der Waals surface area contributed by atoms with Crippen LogP contribution in [0.4, 0.5) is 0 Å². The minimum absolute atomic E-state index is 0.177. The summed E-state index contributed by atoms with van der Waals surface area (Å²) in [4.78, 5) is 11.1. The maximum Gasteiger partial charge on any atom is 0.220 e. The third-order valence-electron chi connectivity index (χ3n) is 3.23. The smallest absolute Gasteiger partial charge is 0.220 e. The third kappa shape index (κ3) is 1.33. The third-order valence-corrected chi connectivity index (χ3v) is 3.23. The molecular weight excluding hydrogens is 176 g/mol. The number of rotatable bonds is 1. The molecule has 1 aliphatic rings. The lowest BCUT2D eigenvalue weighted by atomic mass is 9.98. The summed E-state index contributed by atoms with van der Waals surface area (Å²) in [5, 5.41) is 2.88. The Hall–Kier alpha value is -1.25. The van der Waals surface area contributed by atoms with Crippen LogP contribution in [0, 0.1) is 13.8 Å². The molecule has 1 aromatic rings. The summed E-state index contributed by atoms with van der Waals surface area (Å²) in [5.74, 6) is 0.554. The summed E-state index contributed by atoms with van der Waals surface area (Å²) >= 11 is 0. The molecule has 3 nitrogen and oxygen atoms in total. The van der Waals surface area contributed by atoms with E-state index in [2.05, 4.69) is 36.8 Å². The van der Waals surface area contributed by atoms with E-state index in [1.807, 2.05) is 0 Å². The van der Waals surface area contributed by atoms with Gasteiger partial charge in [0.15, 0.2) is 0 Å². The lowest BCUT2D eigenvalue weighted by molar-refractivity contribution is -0.119. The Morgan fingerprint density at radius 2 is 2.21 bits per heavy atom. The molecule has 1 unspecified atom stereocenters. The first-order valence-corrected chi connectivity index (χ1v) is 4.99. The molecule has 14 heavy (non-hydrogen) atoms. The zero-order chi connectivity index (χ0) is 10.3. The van der Waals surface area contributed by atoms with Crippen LogP contribution in [0.25, 0.3) is 0 Å². The van der Waals surface area contributed by atoms with Gasteiger partial charge in [-0.05, 0) is 25.5 Å². The van der Waals surface area contributed by atoms with Gasteiger partial charge in [0.2, 0.25) is 5.91 Å². The Labute approximate surface area is 84.1 Å². The van der Waals surface area contributed by atoms with Crippen molar-refractivity contribution in [3.8, 4) is 0 Å². The first-order chi connectivity index (χ1) is 6.59. The van der Waals surface area contributed by atoms with Crippen molar-refractivity contribution in [3.05, 3.63) is 23.0 Å². The molecule has 0 bridgehead atoms. The van der Waals surface area contributed by atoms with Gasteiger partial charge in [-0.25, -0.2) is 0 Å². The van der Waals surface area contributed by atoms with E-state index in [1.54, 1.807) is 0 Å². The van der Waals surface area contributed by atoms with E-state index in [-0.39, 0.29) is 5.91 Å². The Kier molecular flexibility index (Phi) is 2.10. The Bertz CT molecular complexity index is 379. The van der Waals surface area contributed by atoms with E-state index in [0.717, 1.165) is 6.54 Å². The van der Waals surface area contributed by atoms with Crippen LogP contribution in [-0.2, 0) is 11.8 Å². The number of amides is 1. The van der Waals surface area contributed by atoms with E-state index < -0.39 is 0 Å². The lowest BCUT2D eigenvalue weighted by Gasteiger charge is -2.07. The van der Waals surface area contributed by atoms with Crippen molar-refractivity contribution >= 4 is 5.91 Å². The molecule has 3 heteroatoms. The van der Waals surface area contributed by atoms with Crippen molar-refractivity contribution < 1.29 is 4.79 Å². The maximum absolute atomic E-state index is 11.1. The van der Waals surface area contributed by atoms with Crippen molar-refractivity contribution in [3.63, 3.8) is 0 Å². The summed E-state index contributed by atoms with van der Waals surface area (Å²) in [6, 6.07) is 2.19. The average Bonchev–Trinajstić information content (AvgIpc) is 2.66. The van der Waals surface area contributed by atoms with Crippen LogP contribution >= 0.6 is 0 Å². The van der Waals surface area contributed by atoms with Crippen molar-refractivity contribution in [1.82, 2.24) is 9.88 Å². The number of carbonyl (C=O) groups is 1. The second kappa shape index (κ2) is 3.15. The van der Waals surface area contributed by atoms with E-state index in [9.17, 15) is 4.79 Å². The minimum Gasteiger partial charge on any atom is -0.355 e. The zero-order valence-corrected chi connectivity index (χ0v) is 8.92. The van der Waals surface area contributed by atoms with Crippen LogP contribution in [0.5, 0.6) is 0 Å². The molecule has 1 fully saturated rings. The Balaban J connectivity index is 2.32. The molecule has 1 amide bonds. The number of aromatic nitrogens is 1. The molecule has 0 aromatic carbocycles. The molecule has 1 aromatic heterocycles. The van der Waals surface area contributed by atoms with Crippen LogP contribution in [0.1, 0.15) is 29.3 Å². The fourth-order valence-corrected chi connectivity index (χ4v) is 2.12. The highest BCUT2D eigenvalue weighted by atomic mass is 16.1. The number of nitrogens with one attached hydrogen (secondary N) is 1. The molecule has 0 aliphatic carbocycles. The first-order valence-electron chi connectivity index (χ1n) is 4.99. The SMILES string of the molecule is Cc1cc(C2CNC(=O)C2)c(C)n1C. The largest absolute Gasteiger partial charge is 0.355 e. The second-order valence-corrected chi connectivity index (χ2v) is 4.09. The topological polar surface area (TPSA) is 34.0 Å². The molecule has 2 heterocycles. The quantitative estimate of drug-likeness (QED) is 0.713. The minimum atomic E-state index is 0.177. The van der Waals surface area contributed by atoms with E-state index >= 15 is 0 Å². The predicted molar refractivity (Wildman–Crippen MR) is 55.3 cm³/mol. The molecular formula is C11H16N2O. The monoisotopic (exact) mass is 192 g/mol. The lowest BCUT2D eigenvalue weighted by Crippen LogP contribution is -2.13. The zero-order valence-electron chi connectivity index (χ0n) is 8.92. The Morgan fingerprint density at radius 3 is 2.64 bits per heavy atom. The molecule has 2 rings (SSSR count). The fourth-order valence-electron chi connectivity index (χ4n) is 2.12. The number of carbonyl (C=O) groups excluding carboxylic acids is 1. The first kappa shape index (κ1) is 9.31. The summed E-state index contributed by atoms with van der Waals surface area (Å²) in [5.41, 5.74) is 3.86. The average molecular weight is 192 g/mol. The van der Waals surface area contributed by atoms with Gasteiger partial charge in [0.25, 0.3) is 0 Å². The van der Waals surface area contributed by atoms with Gasteiger partial charge in [0.05, 0.1) is 0 Å². The van der Waals surface area contributed by atoms with Crippen LogP contribution in [0.3, 0.4) is 0 Å². The highest BCUT2D eigenvalue weighted by Gasteiger charge is 2.25. The van der Waals surface area contributed by atoms with Crippen LogP contribution in [-0.4, -0.2) is 17.0 Å². The van der Waals surface area contributed by atoms with E-state index in [0.29, 0.717) is 12.3 Å². The van der Waals surface area contributed by atoms with Crippen molar-refractivity contribution in [2.24, 2.45) is 7.05 Å². The Morgan fingerprint density at radius 1 is 1.50 bits per heavy atom. The maximum atomic E-state index is 11.1. The molecule has 1 saturated heterocycles. The molecule has 0 spiro atoms. The van der Waals surface area contributed by atoms with Gasteiger partial charge in [-0.15, -0.1) is 0 Å². The van der Waals surface area contributed by atoms with Gasteiger partial charge in [-0.2, -0.15) is 0 Å². The molecule has 0 radical (unpaired) electrons. The standard InChI is InChI=1S/C11H16N2O/c1-7-4-10(8(2)13(7)3)9-5-11(14)12-6-9/h4,9H,5-6H2,1-3H3,(H,12,14). The summed E-state index contributed by atoms with van der Waals surface area (Å²) in [7, 11) is 2.07. The van der Waals surface area contributed by atoms with Gasteiger partial charge in [0, 0.05) is 37.3 Å². The molecule has 0 saturated carbocycles. The van der Waals surface area contributed by atoms with E-state index in [4.69, 9.17) is 0 Å². The normalized spacial score (nSPS) is 21.4. The second-order valence-electron chi connectivity index (χ2n) is 4.09. The highest BCUT2D eigenvalue weighted by Crippen LogP contribution is 2.27. The molecule has 1 atom stereocenters. The number of aryl methyl sites for hydroxylation is 1. The molecule has 1 aliphatic heterocycles. The fraction of sp³-hybridized carbons (Fsp3) is 0.545. The van der Waals surface area contributed by atoms with Crippen LogP contribution in [0.2, 0.25) is 0 Å². The van der Waals surface area contributed by atoms with Gasteiger partial charge < -0.3 is 9.88 Å². The van der Waals surface area contributed by atoms with Crippen LogP contribution in [0.15, 0.2) is 6.07 Å². The van der Waals surface area contributed by atoms with E-state index in [1.165, 1.54) is 17.0 Å². The molecule has 76 valence electrons. The number of nitrogens with zero attached hydrogens (tertiary/aromatic N) is 1. The van der Waals surface area contributed by atoms with Crippen molar-refractivity contribution in [2.75, 3.05) is 6.54 Å². The highest BCUT2D eigenvalue weighted by molar-refractivity contribution is 5.79. The van der Waals surface area contributed by atoms with Gasteiger partial charge in [-0.1, -0.05) is 0 Å². The van der Waals surface area contributed by atoms with Crippen molar-refractivity contribution in [1.29, 1.82) is 0 Å². The summed E-state index contributed by atoms with van der Waals surface area (Å²) in [6.45, 7) is 5.01. The number of hydrogen-bond donors (Lipinski definition) is 1.